The van der Waals surface area contributed by atoms with Crippen molar-refractivity contribution in [3.63, 3.8) is 0 Å². The van der Waals surface area contributed by atoms with Crippen LogP contribution in [0.1, 0.15) is 33.3 Å². The van der Waals surface area contributed by atoms with Crippen molar-refractivity contribution in [2.45, 2.75) is 27.7 Å². The number of nitrogens with zero attached hydrogens (tertiary/aromatic N) is 1. The Balaban J connectivity index is -0.000000314. The quantitative estimate of drug-likeness (QED) is 0.402. The van der Waals surface area contributed by atoms with Gasteiger partial charge in [0.2, 0.25) is 0 Å². The zero-order valence-electron chi connectivity index (χ0n) is 16.2. The van der Waals surface area contributed by atoms with E-state index >= 15 is 0 Å². The number of allylic oxidation sites excluding steroid dienone is 4. The second-order valence-electron chi connectivity index (χ2n) is 5.39. The zero-order chi connectivity index (χ0) is 20.0. The molecule has 0 saturated carbocycles. The van der Waals surface area contributed by atoms with Crippen LogP contribution in [0.4, 0.5) is 5.69 Å². The van der Waals surface area contributed by atoms with E-state index in [9.17, 15) is 19.8 Å². The molecule has 0 aliphatic heterocycles. The minimum atomic E-state index is -0.187. The maximum absolute atomic E-state index is 9.98. The van der Waals surface area contributed by atoms with Crippen molar-refractivity contribution in [3.8, 4) is 0 Å². The Bertz CT molecular complexity index is 598. The van der Waals surface area contributed by atoms with Gasteiger partial charge in [0.15, 0.2) is 11.6 Å². The van der Waals surface area contributed by atoms with Crippen LogP contribution in [0, 0.1) is 0 Å². The second-order valence-corrected chi connectivity index (χ2v) is 5.39. The van der Waals surface area contributed by atoms with Crippen molar-refractivity contribution in [1.29, 1.82) is 0 Å². The molecule has 1 aromatic rings. The van der Waals surface area contributed by atoms with Crippen LogP contribution < -0.4 is 15.1 Å². The second kappa shape index (κ2) is 16.3. The first-order valence-electron chi connectivity index (χ1n) is 7.61. The molecule has 1 radical (unpaired) electrons. The Morgan fingerprint density at radius 1 is 0.923 bits per heavy atom. The summed E-state index contributed by atoms with van der Waals surface area (Å²) in [5, 5.41) is 20.0. The molecule has 0 aliphatic rings. The topological polar surface area (TPSA) is 83.5 Å². The normalized spacial score (nSPS) is 10.1. The maximum atomic E-state index is 9.98. The van der Waals surface area contributed by atoms with Gasteiger partial charge in [0, 0.05) is 19.8 Å². The SMILES string of the molecule is C=Cc1ccccc1N(C)C.CC(=O)/C=C(/C)[O-].CC(=O)/C=C(/C)[O-].[Ru+3]. The van der Waals surface area contributed by atoms with E-state index in [0.29, 0.717) is 0 Å². The fraction of sp³-hybridized carbons (Fsp3) is 0.300. The fourth-order valence-electron chi connectivity index (χ4n) is 1.64. The molecule has 0 bridgehead atoms. The molecule has 0 atom stereocenters. The van der Waals surface area contributed by atoms with Crippen LogP contribution in [0.25, 0.3) is 6.08 Å². The molecule has 0 saturated heterocycles. The number of hydrogen-bond donors (Lipinski definition) is 0. The number of anilines is 1. The minimum Gasteiger partial charge on any atom is -0.876 e. The summed E-state index contributed by atoms with van der Waals surface area (Å²) in [7, 11) is 4.06. The molecule has 0 fully saturated rings. The van der Waals surface area contributed by atoms with Crippen LogP contribution in [0.2, 0.25) is 0 Å². The Hall–Kier alpha value is -2.20. The Morgan fingerprint density at radius 2 is 1.31 bits per heavy atom. The maximum Gasteiger partial charge on any atom is 3.00 e. The molecule has 26 heavy (non-hydrogen) atoms. The van der Waals surface area contributed by atoms with Gasteiger partial charge in [-0.05, 0) is 37.6 Å². The smallest absolute Gasteiger partial charge is 0.876 e. The fourth-order valence-corrected chi connectivity index (χ4v) is 1.64. The van der Waals surface area contributed by atoms with Crippen LogP contribution in [-0.4, -0.2) is 25.7 Å². The molecule has 0 N–H and O–H groups in total. The van der Waals surface area contributed by atoms with Crippen LogP contribution in [0.15, 0.2) is 54.5 Å². The number of ketones is 2. The average Bonchev–Trinajstić information content (AvgIpc) is 2.45. The number of hydrogen-bond acceptors (Lipinski definition) is 5. The monoisotopic (exact) mass is 447 g/mol. The molecule has 6 heteroatoms. The van der Waals surface area contributed by atoms with Gasteiger partial charge in [-0.3, -0.25) is 9.59 Å². The van der Waals surface area contributed by atoms with Gasteiger partial charge in [0.1, 0.15) is 0 Å². The molecule has 0 aromatic heterocycles. The molecule has 0 heterocycles. The first kappa shape index (κ1) is 28.6. The molecule has 0 unspecified atom stereocenters. The van der Waals surface area contributed by atoms with E-state index in [1.807, 2.05) is 32.3 Å². The third-order valence-corrected chi connectivity index (χ3v) is 2.45. The molecule has 5 nitrogen and oxygen atoms in total. The first-order valence-corrected chi connectivity index (χ1v) is 7.61. The summed E-state index contributed by atoms with van der Waals surface area (Å²) in [5.74, 6) is -0.750. The van der Waals surface area contributed by atoms with Crippen molar-refractivity contribution in [2.75, 3.05) is 19.0 Å². The van der Waals surface area contributed by atoms with Crippen LogP contribution in [0.3, 0.4) is 0 Å². The molecular formula is C20H27NO4Ru+. The van der Waals surface area contributed by atoms with Gasteiger partial charge in [-0.25, -0.2) is 0 Å². The van der Waals surface area contributed by atoms with Gasteiger partial charge in [0.05, 0.1) is 0 Å². The van der Waals surface area contributed by atoms with Gasteiger partial charge < -0.3 is 15.1 Å². The summed E-state index contributed by atoms with van der Waals surface area (Å²) in [5.41, 5.74) is 2.39. The molecule has 143 valence electrons. The Labute approximate surface area is 169 Å². The number of rotatable bonds is 4. The molecule has 0 spiro atoms. The van der Waals surface area contributed by atoms with Gasteiger partial charge >= 0.3 is 19.5 Å². The van der Waals surface area contributed by atoms with Crippen molar-refractivity contribution in [3.05, 3.63) is 60.1 Å². The molecule has 1 rings (SSSR count). The number of carbonyl (C=O) groups excluding carboxylic acids is 2. The molecular weight excluding hydrogens is 419 g/mol. The third-order valence-electron chi connectivity index (χ3n) is 2.45. The van der Waals surface area contributed by atoms with E-state index in [1.54, 1.807) is 0 Å². The standard InChI is InChI=1S/C10H13N.2C5H8O2.Ru/c1-4-9-7-5-6-8-10(9)11(2)3;2*1-4(6)3-5(2)7;/h4-8H,1H2,2-3H3;2*3,6H,1-2H3;/q;;;+3/p-2/b;2*4-3-;. The molecule has 1 aromatic carbocycles. The summed E-state index contributed by atoms with van der Waals surface area (Å²) < 4.78 is 0. The zero-order valence-corrected chi connectivity index (χ0v) is 17.9. The van der Waals surface area contributed by atoms with E-state index in [1.165, 1.54) is 38.9 Å². The van der Waals surface area contributed by atoms with Crippen molar-refractivity contribution in [1.82, 2.24) is 0 Å². The van der Waals surface area contributed by atoms with Crippen LogP contribution >= 0.6 is 0 Å². The van der Waals surface area contributed by atoms with E-state index < -0.39 is 0 Å². The van der Waals surface area contributed by atoms with Gasteiger partial charge in [-0.2, -0.15) is 0 Å². The third kappa shape index (κ3) is 18.1. The van der Waals surface area contributed by atoms with Gasteiger partial charge in [-0.15, -0.1) is 11.5 Å². The number of benzene rings is 1. The summed E-state index contributed by atoms with van der Waals surface area (Å²) in [6.07, 6.45) is 3.98. The van der Waals surface area contributed by atoms with E-state index in [-0.39, 0.29) is 42.6 Å². The van der Waals surface area contributed by atoms with E-state index in [0.717, 1.165) is 12.2 Å². The van der Waals surface area contributed by atoms with E-state index in [4.69, 9.17) is 0 Å². The minimum absolute atomic E-state index is 0. The summed E-state index contributed by atoms with van der Waals surface area (Å²) in [6.45, 7) is 9.14. The van der Waals surface area contributed by atoms with Crippen molar-refractivity contribution < 1.29 is 39.3 Å². The predicted molar refractivity (Wildman–Crippen MR) is 99.7 cm³/mol. The summed E-state index contributed by atoms with van der Waals surface area (Å²) >= 11 is 0. The van der Waals surface area contributed by atoms with Gasteiger partial charge in [0.25, 0.3) is 0 Å². The number of carbonyl (C=O) groups is 2. The molecule has 0 amide bonds. The predicted octanol–water partition coefficient (Wildman–Crippen LogP) is 2.07. The van der Waals surface area contributed by atoms with Crippen molar-refractivity contribution in [2.24, 2.45) is 0 Å². The Kier molecular flexibility index (Phi) is 17.9. The molecule has 0 aliphatic carbocycles. The largest absolute Gasteiger partial charge is 3.00 e. The summed E-state index contributed by atoms with van der Waals surface area (Å²) in [6, 6.07) is 8.19. The summed E-state index contributed by atoms with van der Waals surface area (Å²) in [4.78, 5) is 22.0. The van der Waals surface area contributed by atoms with Crippen LogP contribution in [-0.2, 0) is 29.1 Å². The van der Waals surface area contributed by atoms with Crippen molar-refractivity contribution >= 4 is 23.3 Å². The Morgan fingerprint density at radius 3 is 1.50 bits per heavy atom. The number of para-hydroxylation sites is 1. The first-order chi connectivity index (χ1) is 11.5. The van der Waals surface area contributed by atoms with E-state index in [2.05, 4.69) is 23.6 Å². The van der Waals surface area contributed by atoms with Gasteiger partial charge in [-0.1, -0.05) is 44.7 Å². The average molecular weight is 447 g/mol. The van der Waals surface area contributed by atoms with Crippen LogP contribution in [0.5, 0.6) is 0 Å².